The first kappa shape index (κ1) is 16.9. The SMILES string of the molecule is C=CC(CCCCC)C(C)(C(C)=O)C(=O)OCC. The third-order valence-corrected chi connectivity index (χ3v) is 3.58. The monoisotopic (exact) mass is 254 g/mol. The molecule has 0 radical (unpaired) electrons. The molecule has 0 aliphatic rings. The van der Waals surface area contributed by atoms with Gasteiger partial charge in [-0.25, -0.2) is 0 Å². The van der Waals surface area contributed by atoms with Crippen molar-refractivity contribution in [3.05, 3.63) is 12.7 Å². The quantitative estimate of drug-likeness (QED) is 0.273. The first-order valence-corrected chi connectivity index (χ1v) is 6.75. The van der Waals surface area contributed by atoms with Crippen LogP contribution in [0.1, 0.15) is 53.4 Å². The molecule has 0 saturated carbocycles. The Hall–Kier alpha value is -1.12. The Bertz CT molecular complexity index is 296. The largest absolute Gasteiger partial charge is 0.465 e. The molecule has 0 saturated heterocycles. The number of hydrogen-bond acceptors (Lipinski definition) is 3. The number of hydrogen-bond donors (Lipinski definition) is 0. The van der Waals surface area contributed by atoms with Crippen LogP contribution in [0.5, 0.6) is 0 Å². The van der Waals surface area contributed by atoms with Gasteiger partial charge in [0.2, 0.25) is 0 Å². The minimum absolute atomic E-state index is 0.151. The Labute approximate surface area is 111 Å². The molecule has 0 N–H and O–H groups in total. The maximum atomic E-state index is 12.0. The minimum Gasteiger partial charge on any atom is -0.465 e. The van der Waals surface area contributed by atoms with Gasteiger partial charge in [-0.1, -0.05) is 32.3 Å². The number of allylic oxidation sites excluding steroid dienone is 1. The van der Waals surface area contributed by atoms with Gasteiger partial charge in [-0.2, -0.15) is 0 Å². The van der Waals surface area contributed by atoms with Gasteiger partial charge in [0.15, 0.2) is 0 Å². The lowest BCUT2D eigenvalue weighted by Crippen LogP contribution is -2.42. The van der Waals surface area contributed by atoms with Crippen LogP contribution in [0, 0.1) is 11.3 Å². The molecule has 0 bridgehead atoms. The van der Waals surface area contributed by atoms with Gasteiger partial charge < -0.3 is 4.74 Å². The van der Waals surface area contributed by atoms with Gasteiger partial charge in [0.05, 0.1) is 6.61 Å². The Kier molecular flexibility index (Phi) is 7.56. The smallest absolute Gasteiger partial charge is 0.319 e. The maximum Gasteiger partial charge on any atom is 0.319 e. The average Bonchev–Trinajstić information content (AvgIpc) is 2.33. The summed E-state index contributed by atoms with van der Waals surface area (Å²) in [4.78, 5) is 23.9. The van der Waals surface area contributed by atoms with Gasteiger partial charge in [0.25, 0.3) is 0 Å². The highest BCUT2D eigenvalue weighted by Crippen LogP contribution is 2.35. The lowest BCUT2D eigenvalue weighted by Gasteiger charge is -2.31. The zero-order valence-electron chi connectivity index (χ0n) is 12.1. The van der Waals surface area contributed by atoms with Crippen LogP contribution in [0.2, 0.25) is 0 Å². The number of ether oxygens (including phenoxy) is 1. The lowest BCUT2D eigenvalue weighted by molar-refractivity contribution is -0.161. The van der Waals surface area contributed by atoms with E-state index in [1.807, 2.05) is 0 Å². The van der Waals surface area contributed by atoms with Crippen molar-refractivity contribution >= 4 is 11.8 Å². The van der Waals surface area contributed by atoms with Crippen molar-refractivity contribution in [1.29, 1.82) is 0 Å². The van der Waals surface area contributed by atoms with E-state index in [2.05, 4.69) is 13.5 Å². The van der Waals surface area contributed by atoms with Crippen LogP contribution in [0.25, 0.3) is 0 Å². The van der Waals surface area contributed by atoms with E-state index in [-0.39, 0.29) is 11.7 Å². The molecule has 0 heterocycles. The predicted octanol–water partition coefficient (Wildman–Crippen LogP) is 3.53. The van der Waals surface area contributed by atoms with Crippen molar-refractivity contribution in [2.45, 2.75) is 53.4 Å². The molecule has 0 spiro atoms. The lowest BCUT2D eigenvalue weighted by atomic mass is 9.72. The zero-order valence-corrected chi connectivity index (χ0v) is 12.1. The second-order valence-corrected chi connectivity index (χ2v) is 4.82. The summed E-state index contributed by atoms with van der Waals surface area (Å²) in [5.74, 6) is -0.734. The highest BCUT2D eigenvalue weighted by molar-refractivity contribution is 6.02. The number of Topliss-reactive ketones (excluding diaryl/α,β-unsaturated/α-hetero) is 1. The molecule has 0 aliphatic heterocycles. The van der Waals surface area contributed by atoms with E-state index in [9.17, 15) is 9.59 Å². The Morgan fingerprint density at radius 2 is 1.94 bits per heavy atom. The van der Waals surface area contributed by atoms with Gasteiger partial charge >= 0.3 is 5.97 Å². The number of carbonyl (C=O) groups is 2. The molecule has 2 unspecified atom stereocenters. The highest BCUT2D eigenvalue weighted by atomic mass is 16.5. The number of esters is 1. The average molecular weight is 254 g/mol. The zero-order chi connectivity index (χ0) is 14.2. The highest BCUT2D eigenvalue weighted by Gasteiger charge is 2.45. The van der Waals surface area contributed by atoms with Crippen molar-refractivity contribution < 1.29 is 14.3 Å². The van der Waals surface area contributed by atoms with Gasteiger partial charge in [0.1, 0.15) is 11.2 Å². The Morgan fingerprint density at radius 1 is 1.33 bits per heavy atom. The van der Waals surface area contributed by atoms with Crippen LogP contribution in [0.4, 0.5) is 0 Å². The van der Waals surface area contributed by atoms with Crippen LogP contribution < -0.4 is 0 Å². The summed E-state index contributed by atoms with van der Waals surface area (Å²) in [6.45, 7) is 11.1. The van der Waals surface area contributed by atoms with Crippen molar-refractivity contribution in [1.82, 2.24) is 0 Å². The molecule has 18 heavy (non-hydrogen) atoms. The summed E-state index contributed by atoms with van der Waals surface area (Å²) in [5, 5.41) is 0. The summed E-state index contributed by atoms with van der Waals surface area (Å²) in [6, 6.07) is 0. The molecule has 0 rings (SSSR count). The van der Waals surface area contributed by atoms with Crippen molar-refractivity contribution in [3.8, 4) is 0 Å². The van der Waals surface area contributed by atoms with Crippen LogP contribution in [-0.4, -0.2) is 18.4 Å². The Morgan fingerprint density at radius 3 is 2.33 bits per heavy atom. The van der Waals surface area contributed by atoms with Crippen molar-refractivity contribution in [3.63, 3.8) is 0 Å². The summed E-state index contributed by atoms with van der Waals surface area (Å²) < 4.78 is 5.05. The molecule has 2 atom stereocenters. The molecule has 0 aliphatic carbocycles. The van der Waals surface area contributed by atoms with Crippen LogP contribution in [-0.2, 0) is 14.3 Å². The van der Waals surface area contributed by atoms with E-state index in [4.69, 9.17) is 4.74 Å². The topological polar surface area (TPSA) is 43.4 Å². The molecular formula is C15H26O3. The molecule has 3 nitrogen and oxygen atoms in total. The van der Waals surface area contributed by atoms with E-state index in [1.165, 1.54) is 6.92 Å². The summed E-state index contributed by atoms with van der Waals surface area (Å²) in [5.41, 5.74) is -1.09. The fraction of sp³-hybridized carbons (Fsp3) is 0.733. The molecule has 0 amide bonds. The number of rotatable bonds is 9. The predicted molar refractivity (Wildman–Crippen MR) is 73.3 cm³/mol. The molecule has 0 aromatic rings. The fourth-order valence-electron chi connectivity index (χ4n) is 2.09. The molecule has 104 valence electrons. The molecule has 3 heteroatoms. The number of ketones is 1. The normalized spacial score (nSPS) is 15.6. The number of carbonyl (C=O) groups excluding carboxylic acids is 2. The second-order valence-electron chi connectivity index (χ2n) is 4.82. The van der Waals surface area contributed by atoms with E-state index in [0.29, 0.717) is 6.61 Å². The summed E-state index contributed by atoms with van der Waals surface area (Å²) >= 11 is 0. The third-order valence-electron chi connectivity index (χ3n) is 3.58. The third kappa shape index (κ3) is 3.97. The maximum absolute atomic E-state index is 12.0. The molecular weight excluding hydrogens is 228 g/mol. The van der Waals surface area contributed by atoms with Gasteiger partial charge in [-0.05, 0) is 33.1 Å². The summed E-state index contributed by atoms with van der Waals surface area (Å²) in [6.07, 6.45) is 5.72. The molecule has 0 fully saturated rings. The van der Waals surface area contributed by atoms with Crippen LogP contribution in [0.3, 0.4) is 0 Å². The van der Waals surface area contributed by atoms with E-state index < -0.39 is 11.4 Å². The fourth-order valence-corrected chi connectivity index (χ4v) is 2.09. The van der Waals surface area contributed by atoms with Crippen molar-refractivity contribution in [2.75, 3.05) is 6.61 Å². The summed E-state index contributed by atoms with van der Waals surface area (Å²) in [7, 11) is 0. The van der Waals surface area contributed by atoms with Crippen LogP contribution >= 0.6 is 0 Å². The van der Waals surface area contributed by atoms with Crippen LogP contribution in [0.15, 0.2) is 12.7 Å². The minimum atomic E-state index is -1.09. The van der Waals surface area contributed by atoms with Crippen molar-refractivity contribution in [2.24, 2.45) is 11.3 Å². The van der Waals surface area contributed by atoms with E-state index in [1.54, 1.807) is 19.9 Å². The Balaban J connectivity index is 4.97. The van der Waals surface area contributed by atoms with E-state index in [0.717, 1.165) is 25.7 Å². The standard InChI is InChI=1S/C15H26O3/c1-6-9-10-11-13(7-2)15(5,12(4)16)14(17)18-8-3/h7,13H,2,6,8-11H2,1,3-5H3. The van der Waals surface area contributed by atoms with Gasteiger partial charge in [0, 0.05) is 0 Å². The number of unbranched alkanes of at least 4 members (excludes halogenated alkanes) is 2. The van der Waals surface area contributed by atoms with E-state index >= 15 is 0 Å². The van der Waals surface area contributed by atoms with Gasteiger partial charge in [-0.3, -0.25) is 9.59 Å². The second kappa shape index (κ2) is 8.06. The first-order chi connectivity index (χ1) is 8.44. The first-order valence-electron chi connectivity index (χ1n) is 6.75. The molecule has 0 aromatic heterocycles. The molecule has 0 aromatic carbocycles. The van der Waals surface area contributed by atoms with Gasteiger partial charge in [-0.15, -0.1) is 6.58 Å².